The van der Waals surface area contributed by atoms with Gasteiger partial charge in [-0.05, 0) is 38.8 Å². The zero-order valence-corrected chi connectivity index (χ0v) is 12.2. The summed E-state index contributed by atoms with van der Waals surface area (Å²) >= 11 is 5.79. The van der Waals surface area contributed by atoms with Crippen LogP contribution in [-0.2, 0) is 0 Å². The third kappa shape index (κ3) is 2.94. The third-order valence-corrected chi connectivity index (χ3v) is 4.42. The molecule has 2 aliphatic rings. The molecule has 0 unspecified atom stereocenters. The minimum Gasteiger partial charge on any atom is -0.337 e. The number of rotatable bonds is 2. The van der Waals surface area contributed by atoms with Gasteiger partial charge in [-0.1, -0.05) is 11.6 Å². The summed E-state index contributed by atoms with van der Waals surface area (Å²) in [5.74, 6) is -0.0557. The Morgan fingerprint density at radius 1 is 1.15 bits per heavy atom. The number of nitrogens with zero attached hydrogens (tertiary/aromatic N) is 4. The van der Waals surface area contributed by atoms with Gasteiger partial charge in [0.1, 0.15) is 10.8 Å². The van der Waals surface area contributed by atoms with Crippen LogP contribution in [0, 0.1) is 0 Å². The molecule has 0 atom stereocenters. The highest BCUT2D eigenvalue weighted by Gasteiger charge is 2.29. The molecule has 1 aromatic rings. The summed E-state index contributed by atoms with van der Waals surface area (Å²) in [6.45, 7) is 4.04. The van der Waals surface area contributed by atoms with Crippen molar-refractivity contribution in [3.8, 4) is 0 Å². The molecule has 2 fully saturated rings. The lowest BCUT2D eigenvalue weighted by Gasteiger charge is -2.36. The van der Waals surface area contributed by atoms with Crippen molar-refractivity contribution in [1.29, 1.82) is 0 Å². The van der Waals surface area contributed by atoms with Crippen molar-refractivity contribution in [2.45, 2.75) is 31.7 Å². The first-order chi connectivity index (χ1) is 9.74. The molecule has 0 saturated carbocycles. The standard InChI is InChI=1S/C14H19ClN4O/c15-13-10-16-9-12(17-13)14(20)19-7-3-11(4-8-19)18-5-1-2-6-18/h9-11H,1-8H2. The minimum atomic E-state index is -0.0557. The van der Waals surface area contributed by atoms with Crippen molar-refractivity contribution >= 4 is 17.5 Å². The summed E-state index contributed by atoms with van der Waals surface area (Å²) in [6, 6.07) is 0.645. The average Bonchev–Trinajstić information content (AvgIpc) is 3.01. The van der Waals surface area contributed by atoms with Crippen LogP contribution in [0.5, 0.6) is 0 Å². The van der Waals surface area contributed by atoms with Crippen LogP contribution in [0.3, 0.4) is 0 Å². The summed E-state index contributed by atoms with van der Waals surface area (Å²) in [5, 5.41) is 0.266. The van der Waals surface area contributed by atoms with Crippen LogP contribution in [-0.4, -0.2) is 57.9 Å². The topological polar surface area (TPSA) is 49.3 Å². The number of piperidine rings is 1. The molecule has 6 heteroatoms. The number of carbonyl (C=O) groups is 1. The highest BCUT2D eigenvalue weighted by Crippen LogP contribution is 2.21. The van der Waals surface area contributed by atoms with Gasteiger partial charge in [-0.25, -0.2) is 4.98 Å². The van der Waals surface area contributed by atoms with Crippen LogP contribution in [0.2, 0.25) is 5.15 Å². The number of hydrogen-bond donors (Lipinski definition) is 0. The fourth-order valence-electron chi connectivity index (χ4n) is 3.15. The highest BCUT2D eigenvalue weighted by atomic mass is 35.5. The average molecular weight is 295 g/mol. The van der Waals surface area contributed by atoms with E-state index in [1.807, 2.05) is 4.90 Å². The maximum atomic E-state index is 12.3. The van der Waals surface area contributed by atoms with Gasteiger partial charge in [-0.15, -0.1) is 0 Å². The molecule has 0 radical (unpaired) electrons. The van der Waals surface area contributed by atoms with Crippen molar-refractivity contribution in [2.24, 2.45) is 0 Å². The van der Waals surface area contributed by atoms with Gasteiger partial charge in [0, 0.05) is 19.1 Å². The number of hydrogen-bond acceptors (Lipinski definition) is 4. The molecule has 3 heterocycles. The van der Waals surface area contributed by atoms with E-state index >= 15 is 0 Å². The third-order valence-electron chi connectivity index (χ3n) is 4.23. The Kier molecular flexibility index (Phi) is 4.17. The monoisotopic (exact) mass is 294 g/mol. The quantitative estimate of drug-likeness (QED) is 0.835. The predicted octanol–water partition coefficient (Wildman–Crippen LogP) is 1.83. The van der Waals surface area contributed by atoms with Crippen molar-refractivity contribution in [2.75, 3.05) is 26.2 Å². The van der Waals surface area contributed by atoms with E-state index in [2.05, 4.69) is 14.9 Å². The van der Waals surface area contributed by atoms with E-state index in [1.54, 1.807) is 0 Å². The first-order valence-corrected chi connectivity index (χ1v) is 7.63. The van der Waals surface area contributed by atoms with Gasteiger partial charge in [0.05, 0.1) is 12.4 Å². The normalized spacial score (nSPS) is 21.4. The molecular weight excluding hydrogens is 276 g/mol. The zero-order valence-electron chi connectivity index (χ0n) is 11.5. The van der Waals surface area contributed by atoms with E-state index in [0.717, 1.165) is 25.9 Å². The molecule has 1 aromatic heterocycles. The molecule has 2 aliphatic heterocycles. The maximum absolute atomic E-state index is 12.3. The van der Waals surface area contributed by atoms with E-state index in [-0.39, 0.29) is 11.1 Å². The number of carbonyl (C=O) groups excluding carboxylic acids is 1. The van der Waals surface area contributed by atoms with E-state index in [1.165, 1.54) is 38.3 Å². The summed E-state index contributed by atoms with van der Waals surface area (Å²) in [7, 11) is 0. The summed E-state index contributed by atoms with van der Waals surface area (Å²) in [6.07, 6.45) is 7.67. The molecule has 0 spiro atoms. The Morgan fingerprint density at radius 2 is 1.85 bits per heavy atom. The lowest BCUT2D eigenvalue weighted by atomic mass is 10.0. The Balaban J connectivity index is 1.58. The van der Waals surface area contributed by atoms with Gasteiger partial charge in [0.2, 0.25) is 0 Å². The maximum Gasteiger partial charge on any atom is 0.274 e. The van der Waals surface area contributed by atoms with Gasteiger partial charge >= 0.3 is 0 Å². The lowest BCUT2D eigenvalue weighted by molar-refractivity contribution is 0.0638. The van der Waals surface area contributed by atoms with Gasteiger partial charge in [0.15, 0.2) is 0 Å². The van der Waals surface area contributed by atoms with Gasteiger partial charge in [-0.3, -0.25) is 9.78 Å². The second kappa shape index (κ2) is 6.06. The van der Waals surface area contributed by atoms with Crippen molar-refractivity contribution in [1.82, 2.24) is 19.8 Å². The van der Waals surface area contributed by atoms with Gasteiger partial charge in [-0.2, -0.15) is 0 Å². The molecule has 0 bridgehead atoms. The van der Waals surface area contributed by atoms with Crippen LogP contribution in [0.25, 0.3) is 0 Å². The molecule has 108 valence electrons. The fraction of sp³-hybridized carbons (Fsp3) is 0.643. The zero-order chi connectivity index (χ0) is 13.9. The smallest absolute Gasteiger partial charge is 0.274 e. The Bertz CT molecular complexity index is 482. The van der Waals surface area contributed by atoms with Crippen LogP contribution < -0.4 is 0 Å². The molecule has 0 N–H and O–H groups in total. The molecule has 0 aliphatic carbocycles. The first kappa shape index (κ1) is 13.8. The van der Waals surface area contributed by atoms with E-state index in [0.29, 0.717) is 11.7 Å². The largest absolute Gasteiger partial charge is 0.337 e. The van der Waals surface area contributed by atoms with Gasteiger partial charge < -0.3 is 9.80 Å². The fourth-order valence-corrected chi connectivity index (χ4v) is 3.30. The first-order valence-electron chi connectivity index (χ1n) is 7.25. The van der Waals surface area contributed by atoms with E-state index < -0.39 is 0 Å². The van der Waals surface area contributed by atoms with Crippen LogP contribution in [0.15, 0.2) is 12.4 Å². The molecule has 0 aromatic carbocycles. The molecule has 5 nitrogen and oxygen atoms in total. The highest BCUT2D eigenvalue weighted by molar-refractivity contribution is 6.29. The van der Waals surface area contributed by atoms with Crippen LogP contribution in [0.1, 0.15) is 36.2 Å². The second-order valence-corrected chi connectivity index (χ2v) is 5.88. The van der Waals surface area contributed by atoms with Crippen molar-refractivity contribution < 1.29 is 4.79 Å². The summed E-state index contributed by atoms with van der Waals surface area (Å²) in [4.78, 5) is 24.7. The molecule has 3 rings (SSSR count). The molecular formula is C14H19ClN4O. The number of halogens is 1. The van der Waals surface area contributed by atoms with Crippen LogP contribution in [0.4, 0.5) is 0 Å². The molecule has 20 heavy (non-hydrogen) atoms. The SMILES string of the molecule is O=C(c1cncc(Cl)n1)N1CCC(N2CCCC2)CC1. The number of likely N-dealkylation sites (tertiary alicyclic amines) is 2. The van der Waals surface area contributed by atoms with Gasteiger partial charge in [0.25, 0.3) is 5.91 Å². The predicted molar refractivity (Wildman–Crippen MR) is 76.8 cm³/mol. The van der Waals surface area contributed by atoms with Crippen molar-refractivity contribution in [3.63, 3.8) is 0 Å². The molecule has 2 saturated heterocycles. The Labute approximate surface area is 123 Å². The second-order valence-electron chi connectivity index (χ2n) is 5.49. The van der Waals surface area contributed by atoms with Crippen LogP contribution >= 0.6 is 11.6 Å². The number of aromatic nitrogens is 2. The van der Waals surface area contributed by atoms with E-state index in [4.69, 9.17) is 11.6 Å². The van der Waals surface area contributed by atoms with E-state index in [9.17, 15) is 4.79 Å². The summed E-state index contributed by atoms with van der Waals surface area (Å²) < 4.78 is 0. The molecule has 1 amide bonds. The Morgan fingerprint density at radius 3 is 2.50 bits per heavy atom. The minimum absolute atomic E-state index is 0.0557. The Hall–Kier alpha value is -1.20. The summed E-state index contributed by atoms with van der Waals surface area (Å²) in [5.41, 5.74) is 0.345. The lowest BCUT2D eigenvalue weighted by Crippen LogP contribution is -2.46. The van der Waals surface area contributed by atoms with Crippen molar-refractivity contribution in [3.05, 3.63) is 23.2 Å². The number of amides is 1.